The molecule has 0 amide bonds. The van der Waals surface area contributed by atoms with Crippen molar-refractivity contribution in [3.63, 3.8) is 0 Å². The van der Waals surface area contributed by atoms with Gasteiger partial charge in [0, 0.05) is 10.4 Å². The monoisotopic (exact) mass is 208 g/mol. The van der Waals surface area contributed by atoms with E-state index in [0.29, 0.717) is 4.64 Å². The van der Waals surface area contributed by atoms with Gasteiger partial charge in [0.25, 0.3) is 0 Å². The second kappa shape index (κ2) is 3.40. The summed E-state index contributed by atoms with van der Waals surface area (Å²) in [4.78, 5) is 1.30. The molecule has 0 unspecified atom stereocenters. The van der Waals surface area contributed by atoms with Crippen LogP contribution in [0.1, 0.15) is 4.88 Å². The lowest BCUT2D eigenvalue weighted by Gasteiger charge is -1.94. The number of nitrogens with zero attached hydrogens (tertiary/aromatic N) is 1. The molecule has 13 heavy (non-hydrogen) atoms. The van der Waals surface area contributed by atoms with Crippen LogP contribution in [0.2, 0.25) is 0 Å². The number of aromatic nitrogens is 2. The Hall–Kier alpha value is -1.00. The highest BCUT2D eigenvalue weighted by Gasteiger charge is 1.99. The van der Waals surface area contributed by atoms with Crippen molar-refractivity contribution in [3.05, 3.63) is 33.2 Å². The van der Waals surface area contributed by atoms with Crippen LogP contribution in [0.25, 0.3) is 11.1 Å². The Morgan fingerprint density at radius 2 is 2.23 bits per heavy atom. The molecule has 4 heteroatoms. The molecule has 0 spiro atoms. The maximum Gasteiger partial charge on any atom is 0.120 e. The van der Waals surface area contributed by atoms with Crippen LogP contribution in [0.5, 0.6) is 0 Å². The average molecular weight is 208 g/mol. The predicted octanol–water partition coefficient (Wildman–Crippen LogP) is 3.18. The molecule has 2 aromatic rings. The van der Waals surface area contributed by atoms with Gasteiger partial charge in [0.1, 0.15) is 4.64 Å². The summed E-state index contributed by atoms with van der Waals surface area (Å²) < 4.78 is 0.668. The molecule has 2 aromatic heterocycles. The Labute approximate surface area is 85.3 Å². The molecule has 0 aliphatic carbocycles. The summed E-state index contributed by atoms with van der Waals surface area (Å²) in [6.45, 7) is 2.09. The number of H-pyrrole nitrogens is 1. The summed E-state index contributed by atoms with van der Waals surface area (Å²) in [6, 6.07) is 4.06. The molecule has 66 valence electrons. The summed E-state index contributed by atoms with van der Waals surface area (Å²) in [5, 5.41) is 8.77. The van der Waals surface area contributed by atoms with Crippen LogP contribution in [0.4, 0.5) is 0 Å². The van der Waals surface area contributed by atoms with Crippen molar-refractivity contribution >= 4 is 23.6 Å². The Balaban J connectivity index is 2.52. The van der Waals surface area contributed by atoms with Crippen molar-refractivity contribution < 1.29 is 0 Å². The summed E-state index contributed by atoms with van der Waals surface area (Å²) in [5.41, 5.74) is 2.27. The lowest BCUT2D eigenvalue weighted by Crippen LogP contribution is -1.81. The zero-order valence-electron chi connectivity index (χ0n) is 7.07. The van der Waals surface area contributed by atoms with Crippen molar-refractivity contribution in [3.8, 4) is 11.1 Å². The zero-order chi connectivity index (χ0) is 9.26. The van der Waals surface area contributed by atoms with Crippen LogP contribution >= 0.6 is 23.6 Å². The molecule has 2 rings (SSSR count). The Kier molecular flexibility index (Phi) is 2.24. The minimum Gasteiger partial charge on any atom is -0.268 e. The van der Waals surface area contributed by atoms with E-state index in [-0.39, 0.29) is 0 Å². The fraction of sp³-hybridized carbons (Fsp3) is 0.111. The fourth-order valence-corrected chi connectivity index (χ4v) is 2.02. The number of nitrogens with one attached hydrogen (secondary N) is 1. The largest absolute Gasteiger partial charge is 0.268 e. The van der Waals surface area contributed by atoms with Gasteiger partial charge in [-0.15, -0.1) is 11.3 Å². The summed E-state index contributed by atoms with van der Waals surface area (Å²) in [5.74, 6) is 0. The van der Waals surface area contributed by atoms with E-state index in [2.05, 4.69) is 28.6 Å². The van der Waals surface area contributed by atoms with Crippen LogP contribution < -0.4 is 0 Å². The van der Waals surface area contributed by atoms with Crippen LogP contribution in [0.3, 0.4) is 0 Å². The van der Waals surface area contributed by atoms with Gasteiger partial charge in [-0.05, 0) is 30.0 Å². The fourth-order valence-electron chi connectivity index (χ4n) is 1.13. The van der Waals surface area contributed by atoms with Crippen molar-refractivity contribution in [1.82, 2.24) is 10.2 Å². The first kappa shape index (κ1) is 8.59. The summed E-state index contributed by atoms with van der Waals surface area (Å²) in [7, 11) is 0. The quantitative estimate of drug-likeness (QED) is 0.729. The summed E-state index contributed by atoms with van der Waals surface area (Å²) >= 11 is 6.72. The van der Waals surface area contributed by atoms with E-state index in [4.69, 9.17) is 12.2 Å². The van der Waals surface area contributed by atoms with Crippen LogP contribution in [0.15, 0.2) is 23.7 Å². The number of aromatic amines is 1. The molecule has 0 saturated carbocycles. The van der Waals surface area contributed by atoms with Crippen molar-refractivity contribution in [2.75, 3.05) is 0 Å². The van der Waals surface area contributed by atoms with E-state index in [9.17, 15) is 0 Å². The van der Waals surface area contributed by atoms with Crippen molar-refractivity contribution in [2.45, 2.75) is 6.92 Å². The molecule has 2 heterocycles. The molecule has 0 aliphatic heterocycles. The topological polar surface area (TPSA) is 28.7 Å². The molecule has 0 aliphatic rings. The first-order valence-electron chi connectivity index (χ1n) is 3.86. The normalized spacial score (nSPS) is 10.2. The zero-order valence-corrected chi connectivity index (χ0v) is 8.71. The highest BCUT2D eigenvalue weighted by atomic mass is 32.1. The highest BCUT2D eigenvalue weighted by Crippen LogP contribution is 2.23. The SMILES string of the molecule is Cc1cc(-c2cn[nH]c(=S)c2)cs1. The van der Waals surface area contributed by atoms with E-state index in [0.717, 1.165) is 5.56 Å². The van der Waals surface area contributed by atoms with Gasteiger partial charge in [0.2, 0.25) is 0 Å². The molecule has 0 aromatic carbocycles. The predicted molar refractivity (Wildman–Crippen MR) is 57.5 cm³/mol. The first-order chi connectivity index (χ1) is 6.25. The molecular weight excluding hydrogens is 200 g/mol. The van der Waals surface area contributed by atoms with Gasteiger partial charge >= 0.3 is 0 Å². The number of thiophene rings is 1. The van der Waals surface area contributed by atoms with Gasteiger partial charge in [0.05, 0.1) is 6.20 Å². The third-order valence-corrected chi connectivity index (χ3v) is 2.80. The van der Waals surface area contributed by atoms with Gasteiger partial charge in [-0.2, -0.15) is 5.10 Å². The standard InChI is InChI=1S/C9H8N2S2/c1-6-2-8(5-13-6)7-3-9(12)11-10-4-7/h2-5H,1H3,(H,11,12). The van der Waals surface area contributed by atoms with E-state index >= 15 is 0 Å². The molecule has 0 atom stereocenters. The molecule has 0 fully saturated rings. The van der Waals surface area contributed by atoms with Gasteiger partial charge in [-0.1, -0.05) is 12.2 Å². The second-order valence-electron chi connectivity index (χ2n) is 2.78. The van der Waals surface area contributed by atoms with Gasteiger partial charge in [-0.25, -0.2) is 0 Å². The maximum atomic E-state index is 4.99. The summed E-state index contributed by atoms with van der Waals surface area (Å²) in [6.07, 6.45) is 1.79. The van der Waals surface area contributed by atoms with Crippen molar-refractivity contribution in [2.24, 2.45) is 0 Å². The third-order valence-electron chi connectivity index (χ3n) is 1.73. The molecule has 2 nitrogen and oxygen atoms in total. The third kappa shape index (κ3) is 1.84. The molecule has 0 bridgehead atoms. The minimum atomic E-state index is 0.668. The first-order valence-corrected chi connectivity index (χ1v) is 5.15. The lowest BCUT2D eigenvalue weighted by atomic mass is 10.2. The molecular formula is C9H8N2S2. The highest BCUT2D eigenvalue weighted by molar-refractivity contribution is 7.71. The van der Waals surface area contributed by atoms with Gasteiger partial charge in [0.15, 0.2) is 0 Å². The number of aryl methyl sites for hydroxylation is 1. The van der Waals surface area contributed by atoms with E-state index in [1.54, 1.807) is 17.5 Å². The number of rotatable bonds is 1. The molecule has 0 radical (unpaired) electrons. The van der Waals surface area contributed by atoms with Crippen molar-refractivity contribution in [1.29, 1.82) is 0 Å². The maximum absolute atomic E-state index is 4.99. The van der Waals surface area contributed by atoms with Gasteiger partial charge in [-0.3, -0.25) is 5.10 Å². The Bertz CT molecular complexity index is 470. The molecule has 0 saturated heterocycles. The van der Waals surface area contributed by atoms with E-state index in [1.807, 2.05) is 6.07 Å². The number of hydrogen-bond acceptors (Lipinski definition) is 3. The van der Waals surface area contributed by atoms with E-state index in [1.165, 1.54) is 10.4 Å². The second-order valence-corrected chi connectivity index (χ2v) is 4.34. The van der Waals surface area contributed by atoms with Crippen LogP contribution in [-0.4, -0.2) is 10.2 Å². The molecule has 1 N–H and O–H groups in total. The van der Waals surface area contributed by atoms with Crippen LogP contribution in [0, 0.1) is 11.6 Å². The average Bonchev–Trinajstić information content (AvgIpc) is 2.52. The van der Waals surface area contributed by atoms with Crippen LogP contribution in [-0.2, 0) is 0 Å². The Morgan fingerprint density at radius 1 is 1.38 bits per heavy atom. The van der Waals surface area contributed by atoms with Gasteiger partial charge < -0.3 is 0 Å². The minimum absolute atomic E-state index is 0.668. The lowest BCUT2D eigenvalue weighted by molar-refractivity contribution is 1.02. The smallest absolute Gasteiger partial charge is 0.120 e. The Morgan fingerprint density at radius 3 is 2.85 bits per heavy atom. The van der Waals surface area contributed by atoms with E-state index < -0.39 is 0 Å². The number of hydrogen-bond donors (Lipinski definition) is 1.